The summed E-state index contributed by atoms with van der Waals surface area (Å²) in [4.78, 5) is 27.2. The van der Waals surface area contributed by atoms with Gasteiger partial charge >= 0.3 is 5.97 Å². The van der Waals surface area contributed by atoms with Crippen molar-refractivity contribution in [1.29, 1.82) is 0 Å². The number of hydrogen-bond acceptors (Lipinski definition) is 5. The van der Waals surface area contributed by atoms with Crippen LogP contribution in [0.15, 0.2) is 36.8 Å². The number of nitrogens with zero attached hydrogens (tertiary/aromatic N) is 4. The molecule has 0 bridgehead atoms. The Balaban J connectivity index is 1.56. The van der Waals surface area contributed by atoms with Gasteiger partial charge in [0.15, 0.2) is 5.69 Å². The molecule has 30 heavy (non-hydrogen) atoms. The summed E-state index contributed by atoms with van der Waals surface area (Å²) in [6, 6.07) is 7.47. The molecule has 0 aliphatic heterocycles. The van der Waals surface area contributed by atoms with Gasteiger partial charge in [-0.05, 0) is 44.0 Å². The number of rotatable bonds is 9. The Bertz CT molecular complexity index is 1050. The van der Waals surface area contributed by atoms with E-state index in [1.165, 1.54) is 12.5 Å². The van der Waals surface area contributed by atoms with E-state index in [0.29, 0.717) is 31.9 Å². The van der Waals surface area contributed by atoms with Gasteiger partial charge in [0.25, 0.3) is 5.91 Å². The zero-order valence-electron chi connectivity index (χ0n) is 17.3. The molecule has 3 rings (SSSR count). The number of ether oxygens (including phenoxy) is 1. The fourth-order valence-electron chi connectivity index (χ4n) is 3.13. The average molecular weight is 411 g/mol. The van der Waals surface area contributed by atoms with E-state index in [0.717, 1.165) is 22.6 Å². The highest BCUT2D eigenvalue weighted by Crippen LogP contribution is 2.22. The zero-order valence-corrected chi connectivity index (χ0v) is 17.3. The van der Waals surface area contributed by atoms with E-state index in [9.17, 15) is 9.59 Å². The lowest BCUT2D eigenvalue weighted by atomic mass is 10.1. The quantitative estimate of drug-likeness (QED) is 0.523. The number of carboxylic acid groups (broad SMARTS) is 1. The monoisotopic (exact) mass is 411 g/mol. The number of carbonyl (C=O) groups is 2. The molecular weight excluding hydrogens is 386 g/mol. The molecule has 1 aromatic carbocycles. The Morgan fingerprint density at radius 3 is 2.77 bits per heavy atom. The van der Waals surface area contributed by atoms with E-state index < -0.39 is 5.97 Å². The maximum atomic E-state index is 12.3. The average Bonchev–Trinajstić information content (AvgIpc) is 3.34. The van der Waals surface area contributed by atoms with Gasteiger partial charge in [0.1, 0.15) is 18.1 Å². The van der Waals surface area contributed by atoms with Crippen LogP contribution in [-0.4, -0.2) is 49.5 Å². The first kappa shape index (κ1) is 21.1. The van der Waals surface area contributed by atoms with Crippen LogP contribution in [0.4, 0.5) is 0 Å². The largest absolute Gasteiger partial charge is 0.491 e. The summed E-state index contributed by atoms with van der Waals surface area (Å²) in [5.74, 6) is -0.516. The molecule has 0 spiro atoms. The van der Waals surface area contributed by atoms with Crippen molar-refractivity contribution in [2.75, 3.05) is 13.2 Å². The normalized spacial score (nSPS) is 10.8. The Morgan fingerprint density at radius 2 is 2.07 bits per heavy atom. The van der Waals surface area contributed by atoms with Crippen LogP contribution in [0.3, 0.4) is 0 Å². The lowest BCUT2D eigenvalue weighted by Crippen LogP contribution is -2.30. The molecule has 2 N–H and O–H groups in total. The third kappa shape index (κ3) is 4.86. The number of hydrogen-bond donors (Lipinski definition) is 2. The van der Waals surface area contributed by atoms with E-state index in [1.807, 2.05) is 39.0 Å². The van der Waals surface area contributed by atoms with Gasteiger partial charge in [-0.15, -0.1) is 0 Å². The lowest BCUT2D eigenvalue weighted by molar-refractivity contribution is 0.0690. The summed E-state index contributed by atoms with van der Waals surface area (Å²) in [6.07, 6.45) is 2.99. The van der Waals surface area contributed by atoms with E-state index in [4.69, 9.17) is 9.84 Å². The van der Waals surface area contributed by atoms with Gasteiger partial charge in [0.2, 0.25) is 0 Å². The van der Waals surface area contributed by atoms with E-state index in [1.54, 1.807) is 15.3 Å². The number of aromatic nitrogens is 4. The molecule has 158 valence electrons. The van der Waals surface area contributed by atoms with Gasteiger partial charge in [-0.1, -0.05) is 12.1 Å². The second-order valence-electron chi connectivity index (χ2n) is 6.87. The summed E-state index contributed by atoms with van der Waals surface area (Å²) in [5, 5.41) is 16.1. The number of imidazole rings is 1. The van der Waals surface area contributed by atoms with Crippen LogP contribution in [0, 0.1) is 13.8 Å². The Hall–Kier alpha value is -3.62. The first-order valence-electron chi connectivity index (χ1n) is 9.68. The van der Waals surface area contributed by atoms with Crippen molar-refractivity contribution in [3.8, 4) is 5.75 Å². The number of amides is 1. The number of carboxylic acids is 1. The summed E-state index contributed by atoms with van der Waals surface area (Å²) < 4.78 is 9.24. The van der Waals surface area contributed by atoms with Crippen molar-refractivity contribution in [2.24, 2.45) is 0 Å². The van der Waals surface area contributed by atoms with Gasteiger partial charge in [-0.3, -0.25) is 9.48 Å². The van der Waals surface area contributed by atoms with Gasteiger partial charge in [0.05, 0.1) is 18.6 Å². The summed E-state index contributed by atoms with van der Waals surface area (Å²) >= 11 is 0. The van der Waals surface area contributed by atoms with Crippen molar-refractivity contribution in [3.63, 3.8) is 0 Å². The third-order valence-corrected chi connectivity index (χ3v) is 4.68. The minimum Gasteiger partial charge on any atom is -0.491 e. The van der Waals surface area contributed by atoms with Crippen molar-refractivity contribution in [1.82, 2.24) is 24.6 Å². The van der Waals surface area contributed by atoms with Gasteiger partial charge < -0.3 is 19.7 Å². The van der Waals surface area contributed by atoms with Crippen molar-refractivity contribution < 1.29 is 19.4 Å². The molecule has 0 radical (unpaired) electrons. The summed E-state index contributed by atoms with van der Waals surface area (Å²) in [6.45, 7) is 7.54. The van der Waals surface area contributed by atoms with Crippen LogP contribution in [0.5, 0.6) is 5.75 Å². The molecule has 9 heteroatoms. The standard InChI is InChI=1S/C21H25N5O4/c1-4-26-18(10-14(2)24-26)20(27)22-8-9-30-19-7-5-6-16(15(19)3)11-25-12-17(21(28)29)23-13-25/h5-7,10,12-13H,4,8-9,11H2,1-3H3,(H,22,27)(H,28,29). The van der Waals surface area contributed by atoms with Crippen LogP contribution in [-0.2, 0) is 13.1 Å². The molecule has 9 nitrogen and oxygen atoms in total. The van der Waals surface area contributed by atoms with Crippen LogP contribution < -0.4 is 10.1 Å². The number of aryl methyl sites for hydroxylation is 2. The molecule has 0 unspecified atom stereocenters. The van der Waals surface area contributed by atoms with Crippen LogP contribution >= 0.6 is 0 Å². The minimum absolute atomic E-state index is 0.00964. The van der Waals surface area contributed by atoms with Crippen LogP contribution in [0.25, 0.3) is 0 Å². The molecule has 2 heterocycles. The lowest BCUT2D eigenvalue weighted by Gasteiger charge is -2.13. The first-order valence-corrected chi connectivity index (χ1v) is 9.68. The number of benzene rings is 1. The SMILES string of the molecule is CCn1nc(C)cc1C(=O)NCCOc1cccc(Cn2cnc(C(=O)O)c2)c1C. The fraction of sp³-hybridized carbons (Fsp3) is 0.333. The van der Waals surface area contributed by atoms with Gasteiger partial charge in [-0.25, -0.2) is 9.78 Å². The van der Waals surface area contributed by atoms with E-state index in [2.05, 4.69) is 15.4 Å². The predicted octanol–water partition coefficient (Wildman–Crippen LogP) is 2.27. The van der Waals surface area contributed by atoms with E-state index in [-0.39, 0.29) is 11.6 Å². The zero-order chi connectivity index (χ0) is 21.7. The molecule has 0 fully saturated rings. The number of aromatic carboxylic acids is 1. The third-order valence-electron chi connectivity index (χ3n) is 4.68. The highest BCUT2D eigenvalue weighted by atomic mass is 16.5. The molecule has 0 aliphatic rings. The highest BCUT2D eigenvalue weighted by molar-refractivity contribution is 5.92. The fourth-order valence-corrected chi connectivity index (χ4v) is 3.13. The van der Waals surface area contributed by atoms with Gasteiger partial charge in [0, 0.05) is 19.3 Å². The molecule has 0 saturated heterocycles. The molecule has 1 amide bonds. The first-order chi connectivity index (χ1) is 14.4. The molecule has 3 aromatic rings. The van der Waals surface area contributed by atoms with Crippen LogP contribution in [0.2, 0.25) is 0 Å². The van der Waals surface area contributed by atoms with Crippen molar-refractivity contribution >= 4 is 11.9 Å². The number of nitrogens with one attached hydrogen (secondary N) is 1. The van der Waals surface area contributed by atoms with Gasteiger partial charge in [-0.2, -0.15) is 5.10 Å². The van der Waals surface area contributed by atoms with E-state index >= 15 is 0 Å². The minimum atomic E-state index is -1.05. The summed E-state index contributed by atoms with van der Waals surface area (Å²) in [7, 11) is 0. The van der Waals surface area contributed by atoms with Crippen molar-refractivity contribution in [3.05, 3.63) is 65.0 Å². The maximum absolute atomic E-state index is 12.3. The van der Waals surface area contributed by atoms with Crippen LogP contribution in [0.1, 0.15) is 44.7 Å². The molecule has 0 saturated carbocycles. The maximum Gasteiger partial charge on any atom is 0.356 e. The van der Waals surface area contributed by atoms with Crippen molar-refractivity contribution in [2.45, 2.75) is 33.9 Å². The second-order valence-corrected chi connectivity index (χ2v) is 6.87. The molecule has 0 aliphatic carbocycles. The molecule has 0 atom stereocenters. The number of carbonyl (C=O) groups excluding carboxylic acids is 1. The Kier molecular flexibility index (Phi) is 6.51. The highest BCUT2D eigenvalue weighted by Gasteiger charge is 2.13. The topological polar surface area (TPSA) is 111 Å². The molecular formula is C21H25N5O4. The molecule has 2 aromatic heterocycles. The Labute approximate surface area is 174 Å². The predicted molar refractivity (Wildman–Crippen MR) is 110 cm³/mol. The second kappa shape index (κ2) is 9.25. The Morgan fingerprint density at radius 1 is 1.27 bits per heavy atom. The summed E-state index contributed by atoms with van der Waals surface area (Å²) in [5.41, 5.74) is 3.30. The smallest absolute Gasteiger partial charge is 0.356 e.